The van der Waals surface area contributed by atoms with E-state index in [1.54, 1.807) is 10.9 Å². The highest BCUT2D eigenvalue weighted by atomic mass is 16.4. The predicted octanol–water partition coefficient (Wildman–Crippen LogP) is 3.78. The van der Waals surface area contributed by atoms with Crippen LogP contribution in [0.15, 0.2) is 6.20 Å². The molecule has 0 atom stereocenters. The van der Waals surface area contributed by atoms with E-state index in [1.165, 1.54) is 0 Å². The van der Waals surface area contributed by atoms with Crippen molar-refractivity contribution in [3.8, 4) is 0 Å². The molecule has 2 rings (SSSR count). The Morgan fingerprint density at radius 3 is 2.33 bits per heavy atom. The molecule has 1 aliphatic rings. The van der Waals surface area contributed by atoms with E-state index >= 15 is 0 Å². The number of aromatic nitrogens is 3. The van der Waals surface area contributed by atoms with Crippen molar-refractivity contribution < 1.29 is 9.90 Å². The van der Waals surface area contributed by atoms with Crippen LogP contribution in [0.4, 0.5) is 0 Å². The van der Waals surface area contributed by atoms with Crippen LogP contribution >= 0.6 is 0 Å². The van der Waals surface area contributed by atoms with Gasteiger partial charge >= 0.3 is 5.97 Å². The van der Waals surface area contributed by atoms with Gasteiger partial charge in [-0.25, -0.2) is 9.48 Å². The summed E-state index contributed by atoms with van der Waals surface area (Å²) in [5, 5.41) is 16.7. The molecule has 5 heteroatoms. The SMILES string of the molecule is CC(C)C1(C(C)(C)C)CCC(n2cc(C(=O)O)nn2)CC1. The van der Waals surface area contributed by atoms with E-state index in [0.29, 0.717) is 11.3 Å². The second-order valence-corrected chi connectivity index (χ2v) is 7.68. The summed E-state index contributed by atoms with van der Waals surface area (Å²) in [6, 6.07) is 0.278. The largest absolute Gasteiger partial charge is 0.476 e. The molecule has 1 fully saturated rings. The minimum atomic E-state index is -1.01. The molecule has 118 valence electrons. The van der Waals surface area contributed by atoms with Crippen LogP contribution in [0.5, 0.6) is 0 Å². The van der Waals surface area contributed by atoms with E-state index < -0.39 is 5.97 Å². The van der Waals surface area contributed by atoms with Crippen LogP contribution in [0.1, 0.15) is 76.8 Å². The zero-order chi connectivity index (χ0) is 15.8. The number of carbonyl (C=O) groups is 1. The lowest BCUT2D eigenvalue weighted by Gasteiger charge is -2.52. The summed E-state index contributed by atoms with van der Waals surface area (Å²) < 4.78 is 1.75. The van der Waals surface area contributed by atoms with Gasteiger partial charge in [-0.15, -0.1) is 5.10 Å². The third kappa shape index (κ3) is 2.83. The summed E-state index contributed by atoms with van der Waals surface area (Å²) in [5.41, 5.74) is 0.659. The number of carboxylic acid groups (broad SMARTS) is 1. The van der Waals surface area contributed by atoms with Crippen LogP contribution < -0.4 is 0 Å². The summed E-state index contributed by atoms with van der Waals surface area (Å²) in [4.78, 5) is 10.9. The molecule has 1 N–H and O–H groups in total. The Kier molecular flexibility index (Phi) is 4.13. The van der Waals surface area contributed by atoms with E-state index in [1.807, 2.05) is 0 Å². The molecule has 21 heavy (non-hydrogen) atoms. The second-order valence-electron chi connectivity index (χ2n) is 7.68. The molecule has 1 heterocycles. The molecule has 0 spiro atoms. The molecule has 0 radical (unpaired) electrons. The fourth-order valence-electron chi connectivity index (χ4n) is 4.13. The van der Waals surface area contributed by atoms with Crippen LogP contribution in [0.25, 0.3) is 0 Å². The van der Waals surface area contributed by atoms with E-state index in [2.05, 4.69) is 44.9 Å². The topological polar surface area (TPSA) is 68.0 Å². The van der Waals surface area contributed by atoms with Crippen LogP contribution in [-0.2, 0) is 0 Å². The molecule has 0 aliphatic heterocycles. The molecule has 1 saturated carbocycles. The first-order valence-corrected chi connectivity index (χ1v) is 7.82. The number of nitrogens with zero attached hydrogens (tertiary/aromatic N) is 3. The molecule has 1 aromatic heterocycles. The summed E-state index contributed by atoms with van der Waals surface area (Å²) in [6.07, 6.45) is 5.95. The van der Waals surface area contributed by atoms with Crippen molar-refractivity contribution in [3.05, 3.63) is 11.9 Å². The first-order chi connectivity index (χ1) is 9.67. The highest BCUT2D eigenvalue weighted by Crippen LogP contribution is 2.55. The van der Waals surface area contributed by atoms with Gasteiger partial charge in [0.25, 0.3) is 0 Å². The lowest BCUT2D eigenvalue weighted by atomic mass is 9.54. The molecule has 1 aliphatic carbocycles. The standard InChI is InChI=1S/C16H27N3O2/c1-11(2)16(15(3,4)5)8-6-12(7-9-16)19-10-13(14(20)21)17-18-19/h10-12H,6-9H2,1-5H3,(H,20,21). The number of carboxylic acids is 1. The van der Waals surface area contributed by atoms with Crippen molar-refractivity contribution in [2.24, 2.45) is 16.7 Å². The Balaban J connectivity index is 2.13. The normalized spacial score (nSPS) is 27.0. The van der Waals surface area contributed by atoms with Crippen molar-refractivity contribution in [1.29, 1.82) is 0 Å². The Hall–Kier alpha value is -1.39. The van der Waals surface area contributed by atoms with E-state index in [0.717, 1.165) is 25.7 Å². The van der Waals surface area contributed by atoms with Crippen molar-refractivity contribution in [3.63, 3.8) is 0 Å². The Labute approximate surface area is 126 Å². The maximum Gasteiger partial charge on any atom is 0.358 e. The maximum atomic E-state index is 10.9. The summed E-state index contributed by atoms with van der Waals surface area (Å²) in [7, 11) is 0. The molecule has 0 bridgehead atoms. The average molecular weight is 293 g/mol. The minimum absolute atomic E-state index is 0.0338. The van der Waals surface area contributed by atoms with Gasteiger partial charge in [0, 0.05) is 0 Å². The van der Waals surface area contributed by atoms with Gasteiger partial charge in [0.05, 0.1) is 12.2 Å². The fraction of sp³-hybridized carbons (Fsp3) is 0.812. The van der Waals surface area contributed by atoms with Gasteiger partial charge in [0.1, 0.15) is 0 Å². The minimum Gasteiger partial charge on any atom is -0.476 e. The number of hydrogen-bond acceptors (Lipinski definition) is 3. The molecular weight excluding hydrogens is 266 g/mol. The second kappa shape index (κ2) is 5.43. The van der Waals surface area contributed by atoms with Crippen molar-refractivity contribution in [2.45, 2.75) is 66.3 Å². The third-order valence-corrected chi connectivity index (χ3v) is 5.55. The quantitative estimate of drug-likeness (QED) is 0.920. The molecule has 0 unspecified atom stereocenters. The Morgan fingerprint density at radius 1 is 1.38 bits per heavy atom. The van der Waals surface area contributed by atoms with Gasteiger partial charge in [-0.3, -0.25) is 0 Å². The number of rotatable bonds is 3. The maximum absolute atomic E-state index is 10.9. The molecule has 5 nitrogen and oxygen atoms in total. The van der Waals surface area contributed by atoms with Crippen LogP contribution in [0.2, 0.25) is 0 Å². The lowest BCUT2D eigenvalue weighted by molar-refractivity contribution is -0.0218. The smallest absolute Gasteiger partial charge is 0.358 e. The van der Waals surface area contributed by atoms with Gasteiger partial charge in [0.15, 0.2) is 5.69 Å². The highest BCUT2D eigenvalue weighted by molar-refractivity contribution is 5.84. The molecule has 0 amide bonds. The average Bonchev–Trinajstić information content (AvgIpc) is 2.87. The molecule has 1 aromatic rings. The Bertz CT molecular complexity index is 506. The Morgan fingerprint density at radius 2 is 1.95 bits per heavy atom. The fourth-order valence-corrected chi connectivity index (χ4v) is 4.13. The summed E-state index contributed by atoms with van der Waals surface area (Å²) in [6.45, 7) is 11.7. The van der Waals surface area contributed by atoms with Crippen molar-refractivity contribution >= 4 is 5.97 Å². The zero-order valence-corrected chi connectivity index (χ0v) is 13.8. The van der Waals surface area contributed by atoms with E-state index in [4.69, 9.17) is 5.11 Å². The predicted molar refractivity (Wildman–Crippen MR) is 81.2 cm³/mol. The van der Waals surface area contributed by atoms with Gasteiger partial charge < -0.3 is 5.11 Å². The summed E-state index contributed by atoms with van der Waals surface area (Å²) in [5.74, 6) is -0.368. The third-order valence-electron chi connectivity index (χ3n) is 5.55. The van der Waals surface area contributed by atoms with Crippen LogP contribution in [0, 0.1) is 16.7 Å². The van der Waals surface area contributed by atoms with Crippen LogP contribution in [-0.4, -0.2) is 26.1 Å². The lowest BCUT2D eigenvalue weighted by Crippen LogP contribution is -2.43. The van der Waals surface area contributed by atoms with Gasteiger partial charge in [-0.1, -0.05) is 39.8 Å². The number of hydrogen-bond donors (Lipinski definition) is 1. The summed E-state index contributed by atoms with van der Waals surface area (Å²) >= 11 is 0. The highest BCUT2D eigenvalue weighted by Gasteiger charge is 2.46. The van der Waals surface area contributed by atoms with Crippen molar-refractivity contribution in [1.82, 2.24) is 15.0 Å². The molecular formula is C16H27N3O2. The van der Waals surface area contributed by atoms with Crippen LogP contribution in [0.3, 0.4) is 0 Å². The molecule has 0 saturated heterocycles. The molecule has 0 aromatic carbocycles. The van der Waals surface area contributed by atoms with Gasteiger partial charge in [-0.05, 0) is 42.4 Å². The first kappa shape index (κ1) is 16.0. The van der Waals surface area contributed by atoms with E-state index in [-0.39, 0.29) is 17.2 Å². The van der Waals surface area contributed by atoms with Gasteiger partial charge in [-0.2, -0.15) is 0 Å². The first-order valence-electron chi connectivity index (χ1n) is 7.82. The van der Waals surface area contributed by atoms with E-state index in [9.17, 15) is 4.79 Å². The van der Waals surface area contributed by atoms with Gasteiger partial charge in [0.2, 0.25) is 0 Å². The monoisotopic (exact) mass is 293 g/mol. The zero-order valence-electron chi connectivity index (χ0n) is 13.8. The number of aromatic carboxylic acids is 1. The van der Waals surface area contributed by atoms with Crippen molar-refractivity contribution in [2.75, 3.05) is 0 Å².